The van der Waals surface area contributed by atoms with Gasteiger partial charge < -0.3 is 10.1 Å². The molecule has 2 fully saturated rings. The quantitative estimate of drug-likeness (QED) is 0.891. The summed E-state index contributed by atoms with van der Waals surface area (Å²) < 4.78 is 13.3. The summed E-state index contributed by atoms with van der Waals surface area (Å²) in [4.78, 5) is 12.6. The van der Waals surface area contributed by atoms with Crippen molar-refractivity contribution in [2.24, 2.45) is 0 Å². The fraction of sp³-hybridized carbons (Fsp3) is 0.632. The zero-order chi connectivity index (χ0) is 17.2. The molecule has 0 unspecified atom stereocenters. The molecule has 25 heavy (non-hydrogen) atoms. The number of aliphatic hydroxyl groups excluding tert-OH is 1. The van der Waals surface area contributed by atoms with Crippen molar-refractivity contribution < 1.29 is 9.50 Å². The van der Waals surface area contributed by atoms with Crippen molar-refractivity contribution >= 4 is 11.0 Å². The van der Waals surface area contributed by atoms with E-state index in [0.717, 1.165) is 56.0 Å². The molecule has 2 aromatic rings. The van der Waals surface area contributed by atoms with Crippen LogP contribution in [0.1, 0.15) is 31.5 Å². The highest BCUT2D eigenvalue weighted by Crippen LogP contribution is 2.24. The molecule has 1 aliphatic heterocycles. The third kappa shape index (κ3) is 4.02. The molecule has 1 saturated carbocycles. The Kier molecular flexibility index (Phi) is 5.01. The minimum absolute atomic E-state index is 0.245. The molecule has 1 aromatic heterocycles. The van der Waals surface area contributed by atoms with E-state index in [1.807, 2.05) is 0 Å². The first kappa shape index (κ1) is 16.9. The van der Waals surface area contributed by atoms with Gasteiger partial charge in [0.15, 0.2) is 0 Å². The van der Waals surface area contributed by atoms with Crippen LogP contribution in [-0.4, -0.2) is 69.7 Å². The Morgan fingerprint density at radius 3 is 2.88 bits per heavy atom. The Labute approximate surface area is 147 Å². The van der Waals surface area contributed by atoms with E-state index in [4.69, 9.17) is 0 Å². The van der Waals surface area contributed by atoms with E-state index in [9.17, 15) is 9.50 Å². The van der Waals surface area contributed by atoms with Crippen molar-refractivity contribution in [2.75, 3.05) is 32.7 Å². The second kappa shape index (κ2) is 7.40. The van der Waals surface area contributed by atoms with Crippen LogP contribution in [0, 0.1) is 5.82 Å². The summed E-state index contributed by atoms with van der Waals surface area (Å²) in [5.41, 5.74) is 1.55. The van der Waals surface area contributed by atoms with Crippen LogP contribution in [-0.2, 0) is 6.42 Å². The number of fused-ring (bicyclic) bond motifs is 1. The van der Waals surface area contributed by atoms with E-state index >= 15 is 0 Å². The van der Waals surface area contributed by atoms with Crippen LogP contribution in [0.4, 0.5) is 4.39 Å². The number of imidazole rings is 1. The van der Waals surface area contributed by atoms with E-state index in [1.165, 1.54) is 37.8 Å². The molecule has 1 atom stereocenters. The number of nitrogens with one attached hydrogen (secondary N) is 1. The third-order valence-electron chi connectivity index (χ3n) is 5.62. The maximum Gasteiger partial charge on any atom is 0.125 e. The summed E-state index contributed by atoms with van der Waals surface area (Å²) >= 11 is 0. The summed E-state index contributed by atoms with van der Waals surface area (Å²) in [5.74, 6) is 0.636. The fourth-order valence-corrected chi connectivity index (χ4v) is 4.30. The lowest BCUT2D eigenvalue weighted by Crippen LogP contribution is -2.39. The number of H-pyrrole nitrogens is 1. The Morgan fingerprint density at radius 2 is 2.04 bits per heavy atom. The molecular weight excluding hydrogens is 319 g/mol. The summed E-state index contributed by atoms with van der Waals surface area (Å²) in [6, 6.07) is 5.30. The van der Waals surface area contributed by atoms with E-state index < -0.39 is 0 Å². The van der Waals surface area contributed by atoms with Gasteiger partial charge in [-0.05, 0) is 31.0 Å². The van der Waals surface area contributed by atoms with Gasteiger partial charge >= 0.3 is 0 Å². The van der Waals surface area contributed by atoms with Crippen LogP contribution in [0.5, 0.6) is 0 Å². The molecule has 136 valence electrons. The zero-order valence-electron chi connectivity index (χ0n) is 14.6. The van der Waals surface area contributed by atoms with Crippen LogP contribution in [0.15, 0.2) is 18.2 Å². The molecule has 0 bridgehead atoms. The van der Waals surface area contributed by atoms with Gasteiger partial charge in [0.05, 0.1) is 17.1 Å². The molecule has 2 heterocycles. The van der Waals surface area contributed by atoms with Crippen molar-refractivity contribution in [1.82, 2.24) is 19.8 Å². The number of halogens is 1. The highest BCUT2D eigenvalue weighted by molar-refractivity contribution is 5.74. The molecule has 1 saturated heterocycles. The predicted molar refractivity (Wildman–Crippen MR) is 96.0 cm³/mol. The zero-order valence-corrected chi connectivity index (χ0v) is 14.6. The lowest BCUT2D eigenvalue weighted by atomic mass is 10.2. The third-order valence-corrected chi connectivity index (χ3v) is 5.62. The van der Waals surface area contributed by atoms with Crippen LogP contribution >= 0.6 is 0 Å². The Morgan fingerprint density at radius 1 is 1.20 bits per heavy atom. The van der Waals surface area contributed by atoms with Crippen molar-refractivity contribution in [3.63, 3.8) is 0 Å². The van der Waals surface area contributed by atoms with Gasteiger partial charge in [0.25, 0.3) is 0 Å². The molecule has 6 heteroatoms. The number of β-amino-alcohol motifs (C(OH)–C–C–N with tert-alkyl or cyclic N) is 1. The summed E-state index contributed by atoms with van der Waals surface area (Å²) in [7, 11) is 0. The van der Waals surface area contributed by atoms with Gasteiger partial charge in [0, 0.05) is 45.2 Å². The molecule has 0 spiro atoms. The van der Waals surface area contributed by atoms with E-state index in [1.54, 1.807) is 6.07 Å². The number of nitrogens with zero attached hydrogens (tertiary/aromatic N) is 3. The van der Waals surface area contributed by atoms with Gasteiger partial charge in [0.1, 0.15) is 11.6 Å². The number of rotatable bonds is 4. The molecule has 0 radical (unpaired) electrons. The second-order valence-corrected chi connectivity index (χ2v) is 7.48. The first-order chi connectivity index (χ1) is 12.2. The molecule has 1 aromatic carbocycles. The lowest BCUT2D eigenvalue weighted by Gasteiger charge is -2.28. The monoisotopic (exact) mass is 346 g/mol. The maximum absolute atomic E-state index is 13.3. The van der Waals surface area contributed by atoms with Crippen LogP contribution < -0.4 is 0 Å². The molecular formula is C19H27FN4O. The van der Waals surface area contributed by atoms with E-state index in [0.29, 0.717) is 6.04 Å². The average molecular weight is 346 g/mol. The number of aromatic amines is 1. The number of benzene rings is 1. The summed E-state index contributed by atoms with van der Waals surface area (Å²) in [6.45, 7) is 4.40. The molecule has 0 amide bonds. The number of aliphatic hydroxyl groups is 1. The molecule has 2 aliphatic rings. The predicted octanol–water partition coefficient (Wildman–Crippen LogP) is 2.17. The lowest BCUT2D eigenvalue weighted by molar-refractivity contribution is 0.0953. The maximum atomic E-state index is 13.3. The van der Waals surface area contributed by atoms with Crippen molar-refractivity contribution in [3.05, 3.63) is 29.8 Å². The minimum Gasteiger partial charge on any atom is -0.390 e. The van der Waals surface area contributed by atoms with Crippen LogP contribution in [0.25, 0.3) is 11.0 Å². The molecule has 5 nitrogen and oxygen atoms in total. The highest BCUT2D eigenvalue weighted by atomic mass is 19.1. The second-order valence-electron chi connectivity index (χ2n) is 7.48. The van der Waals surface area contributed by atoms with E-state index in [2.05, 4.69) is 19.8 Å². The Bertz CT molecular complexity index is 713. The number of aromatic nitrogens is 2. The molecule has 4 rings (SSSR count). The van der Waals surface area contributed by atoms with Crippen molar-refractivity contribution in [1.29, 1.82) is 0 Å². The normalized spacial score (nSPS) is 24.2. The van der Waals surface area contributed by atoms with Crippen molar-refractivity contribution in [2.45, 2.75) is 44.2 Å². The summed E-state index contributed by atoms with van der Waals surface area (Å²) in [5, 5.41) is 10.4. The first-order valence-corrected chi connectivity index (χ1v) is 9.46. The topological polar surface area (TPSA) is 55.4 Å². The molecule has 1 aliphatic carbocycles. The van der Waals surface area contributed by atoms with Gasteiger partial charge in [-0.15, -0.1) is 0 Å². The summed E-state index contributed by atoms with van der Waals surface area (Å²) in [6.07, 6.45) is 5.71. The van der Waals surface area contributed by atoms with Gasteiger partial charge in [0.2, 0.25) is 0 Å². The largest absolute Gasteiger partial charge is 0.390 e. The number of hydrogen-bond acceptors (Lipinski definition) is 4. The van der Waals surface area contributed by atoms with Crippen LogP contribution in [0.2, 0.25) is 0 Å². The Hall–Kier alpha value is -1.50. The highest BCUT2D eigenvalue weighted by Gasteiger charge is 2.28. The van der Waals surface area contributed by atoms with E-state index in [-0.39, 0.29) is 11.9 Å². The standard InChI is InChI=1S/C19H27FN4O/c20-14-5-6-17-18(11-14)22-19(21-17)7-8-23-9-10-24(13-16(25)12-23)15-3-1-2-4-15/h5-6,11,15-16,25H,1-4,7-10,12-13H2,(H,21,22)/t16-/m1/s1. The average Bonchev–Trinajstić information content (AvgIpc) is 3.21. The smallest absolute Gasteiger partial charge is 0.125 e. The first-order valence-electron chi connectivity index (χ1n) is 9.46. The number of hydrogen-bond donors (Lipinski definition) is 2. The van der Waals surface area contributed by atoms with Gasteiger partial charge in [-0.3, -0.25) is 9.80 Å². The minimum atomic E-state index is -0.284. The van der Waals surface area contributed by atoms with Crippen molar-refractivity contribution in [3.8, 4) is 0 Å². The fourth-order valence-electron chi connectivity index (χ4n) is 4.30. The SMILES string of the molecule is O[C@@H]1CN(CCc2nc3ccc(F)cc3[nH]2)CCN(C2CCCC2)C1. The van der Waals surface area contributed by atoms with Gasteiger partial charge in [-0.2, -0.15) is 0 Å². The van der Waals surface area contributed by atoms with Gasteiger partial charge in [-0.1, -0.05) is 12.8 Å². The molecule has 2 N–H and O–H groups in total. The van der Waals surface area contributed by atoms with Gasteiger partial charge in [-0.25, -0.2) is 9.37 Å². The van der Waals surface area contributed by atoms with Crippen LogP contribution in [0.3, 0.4) is 0 Å². The Balaban J connectivity index is 1.35.